The Hall–Kier alpha value is -2.60. The van der Waals surface area contributed by atoms with E-state index in [4.69, 9.17) is 4.74 Å². The second-order valence-corrected chi connectivity index (χ2v) is 10.1. The van der Waals surface area contributed by atoms with Crippen LogP contribution in [0.15, 0.2) is 30.5 Å². The minimum absolute atomic E-state index is 0.00266. The van der Waals surface area contributed by atoms with Gasteiger partial charge in [0, 0.05) is 55.1 Å². The van der Waals surface area contributed by atoms with Crippen LogP contribution in [-0.2, 0) is 9.59 Å². The number of methoxy groups -OCH3 is 1. The second-order valence-electron chi connectivity index (χ2n) is 10.1. The van der Waals surface area contributed by atoms with Crippen molar-refractivity contribution in [3.05, 3.63) is 36.0 Å². The number of benzene rings is 1. The number of piperidine rings is 1. The lowest BCUT2D eigenvalue weighted by atomic mass is 9.76. The molecular formula is C27H35N3O3. The number of hydrogen-bond acceptors (Lipinski definition) is 4. The predicted molar refractivity (Wildman–Crippen MR) is 130 cm³/mol. The third kappa shape index (κ3) is 4.45. The number of nitrogens with one attached hydrogen (secondary N) is 1. The first-order valence-corrected chi connectivity index (χ1v) is 12.5. The maximum absolute atomic E-state index is 12.6. The molecule has 1 aromatic heterocycles. The molecule has 1 aliphatic carbocycles. The molecule has 2 fully saturated rings. The van der Waals surface area contributed by atoms with Gasteiger partial charge in [0.2, 0.25) is 11.8 Å². The number of nitrogens with zero attached hydrogens (tertiary/aromatic N) is 2. The quantitative estimate of drug-likeness (QED) is 0.489. The predicted octanol–water partition coefficient (Wildman–Crippen LogP) is 4.76. The van der Waals surface area contributed by atoms with Crippen LogP contribution in [0.25, 0.3) is 16.5 Å². The summed E-state index contributed by atoms with van der Waals surface area (Å²) < 4.78 is 5.59. The Morgan fingerprint density at radius 1 is 1.06 bits per heavy atom. The standard InChI is InChI=1S/C27H35N3O3/c1-33-23-8-6-7-22-26(23)21(19-28-22)20-9-15-29(16-10-20)13-4-5-14-30-24(31)17-27(18-25(30)32)11-2-3-12-27/h6-9,19,28H,2-5,10-18H2,1H3. The monoisotopic (exact) mass is 449 g/mol. The lowest BCUT2D eigenvalue weighted by Gasteiger charge is -2.37. The first-order valence-electron chi connectivity index (χ1n) is 12.5. The summed E-state index contributed by atoms with van der Waals surface area (Å²) in [6.07, 6.45) is 12.9. The molecule has 1 saturated carbocycles. The molecule has 1 aromatic carbocycles. The number of rotatable bonds is 7. The number of likely N-dealkylation sites (tertiary alicyclic amines) is 1. The van der Waals surface area contributed by atoms with Gasteiger partial charge in [-0.3, -0.25) is 19.4 Å². The Labute approximate surface area is 196 Å². The van der Waals surface area contributed by atoms with E-state index in [0.717, 1.165) is 68.4 Å². The first kappa shape index (κ1) is 22.2. The van der Waals surface area contributed by atoms with Crippen LogP contribution < -0.4 is 4.74 Å². The topological polar surface area (TPSA) is 65.6 Å². The first-order chi connectivity index (χ1) is 16.1. The van der Waals surface area contributed by atoms with Gasteiger partial charge in [-0.1, -0.05) is 25.0 Å². The molecule has 0 unspecified atom stereocenters. The Morgan fingerprint density at radius 3 is 2.52 bits per heavy atom. The van der Waals surface area contributed by atoms with Gasteiger partial charge in [0.25, 0.3) is 0 Å². The fourth-order valence-electron chi connectivity index (χ4n) is 6.10. The van der Waals surface area contributed by atoms with Crippen LogP contribution >= 0.6 is 0 Å². The average molecular weight is 450 g/mol. The van der Waals surface area contributed by atoms with E-state index in [1.54, 1.807) is 12.0 Å². The van der Waals surface area contributed by atoms with Crippen molar-refractivity contribution in [2.45, 2.75) is 57.8 Å². The minimum atomic E-state index is -0.00266. The highest BCUT2D eigenvalue weighted by Crippen LogP contribution is 2.47. The summed E-state index contributed by atoms with van der Waals surface area (Å²) in [7, 11) is 1.72. The van der Waals surface area contributed by atoms with Gasteiger partial charge in [-0.05, 0) is 61.8 Å². The SMILES string of the molecule is COc1cccc2[nH]cc(C3=CCN(CCCCN4C(=O)CC5(CCCC5)CC4=O)CC3)c12. The van der Waals surface area contributed by atoms with E-state index in [-0.39, 0.29) is 17.2 Å². The number of ether oxygens (including phenoxy) is 1. The molecule has 3 heterocycles. The molecule has 2 aliphatic heterocycles. The van der Waals surface area contributed by atoms with E-state index < -0.39 is 0 Å². The number of aromatic amines is 1. The molecular weight excluding hydrogens is 414 g/mol. The minimum Gasteiger partial charge on any atom is -0.496 e. The summed E-state index contributed by atoms with van der Waals surface area (Å²) >= 11 is 0. The van der Waals surface area contributed by atoms with Crippen molar-refractivity contribution in [1.82, 2.24) is 14.8 Å². The van der Waals surface area contributed by atoms with Crippen LogP contribution in [0.2, 0.25) is 0 Å². The number of carbonyl (C=O) groups is 2. The number of fused-ring (bicyclic) bond motifs is 1. The van der Waals surface area contributed by atoms with Crippen molar-refractivity contribution in [3.63, 3.8) is 0 Å². The molecule has 0 radical (unpaired) electrons. The van der Waals surface area contributed by atoms with Crippen LogP contribution in [0.3, 0.4) is 0 Å². The smallest absolute Gasteiger partial charge is 0.229 e. The van der Waals surface area contributed by atoms with Gasteiger partial charge >= 0.3 is 0 Å². The maximum atomic E-state index is 12.6. The summed E-state index contributed by atoms with van der Waals surface area (Å²) in [4.78, 5) is 32.6. The Balaban J connectivity index is 1.11. The van der Waals surface area contributed by atoms with Gasteiger partial charge in [-0.25, -0.2) is 0 Å². The molecule has 3 aliphatic rings. The lowest BCUT2D eigenvalue weighted by molar-refractivity contribution is -0.153. The summed E-state index contributed by atoms with van der Waals surface area (Å²) in [5.41, 5.74) is 3.71. The molecule has 1 spiro atoms. The van der Waals surface area contributed by atoms with Crippen LogP contribution in [0, 0.1) is 5.41 Å². The lowest BCUT2D eigenvalue weighted by Crippen LogP contribution is -2.47. The highest BCUT2D eigenvalue weighted by Gasteiger charge is 2.44. The zero-order chi connectivity index (χ0) is 22.8. The van der Waals surface area contributed by atoms with Gasteiger partial charge in [-0.2, -0.15) is 0 Å². The number of unbranched alkanes of at least 4 members (excludes halogenated alkanes) is 1. The van der Waals surface area contributed by atoms with E-state index in [0.29, 0.717) is 19.4 Å². The van der Waals surface area contributed by atoms with E-state index in [9.17, 15) is 9.59 Å². The fraction of sp³-hybridized carbons (Fsp3) is 0.556. The average Bonchev–Trinajstić information content (AvgIpc) is 3.45. The zero-order valence-electron chi connectivity index (χ0n) is 19.7. The number of carbonyl (C=O) groups excluding carboxylic acids is 2. The Kier molecular flexibility index (Phi) is 6.28. The summed E-state index contributed by atoms with van der Waals surface area (Å²) in [5.74, 6) is 1.04. The molecule has 2 amide bonds. The number of H-pyrrole nitrogens is 1. The highest BCUT2D eigenvalue weighted by molar-refractivity contribution is 5.99. The molecule has 1 N–H and O–H groups in total. The number of amides is 2. The molecule has 33 heavy (non-hydrogen) atoms. The van der Waals surface area contributed by atoms with Gasteiger partial charge in [0.05, 0.1) is 7.11 Å². The normalized spacial score (nSPS) is 21.2. The van der Waals surface area contributed by atoms with E-state index in [1.807, 2.05) is 12.1 Å². The molecule has 2 aromatic rings. The highest BCUT2D eigenvalue weighted by atomic mass is 16.5. The van der Waals surface area contributed by atoms with Crippen molar-refractivity contribution in [2.24, 2.45) is 5.41 Å². The van der Waals surface area contributed by atoms with Gasteiger partial charge < -0.3 is 9.72 Å². The maximum Gasteiger partial charge on any atom is 0.229 e. The zero-order valence-corrected chi connectivity index (χ0v) is 19.7. The summed E-state index contributed by atoms with van der Waals surface area (Å²) in [5, 5.41) is 1.16. The summed E-state index contributed by atoms with van der Waals surface area (Å²) in [6, 6.07) is 6.11. The summed E-state index contributed by atoms with van der Waals surface area (Å²) in [6.45, 7) is 3.54. The van der Waals surface area contributed by atoms with Crippen molar-refractivity contribution in [1.29, 1.82) is 0 Å². The van der Waals surface area contributed by atoms with Gasteiger partial charge in [0.15, 0.2) is 0 Å². The number of imide groups is 1. The van der Waals surface area contributed by atoms with Crippen LogP contribution in [0.4, 0.5) is 0 Å². The molecule has 176 valence electrons. The van der Waals surface area contributed by atoms with Gasteiger partial charge in [-0.15, -0.1) is 0 Å². The van der Waals surface area contributed by atoms with E-state index in [2.05, 4.69) is 28.2 Å². The largest absolute Gasteiger partial charge is 0.496 e. The fourth-order valence-corrected chi connectivity index (χ4v) is 6.10. The number of hydrogen-bond donors (Lipinski definition) is 1. The van der Waals surface area contributed by atoms with E-state index >= 15 is 0 Å². The molecule has 0 atom stereocenters. The Bertz CT molecular complexity index is 1040. The third-order valence-electron chi connectivity index (χ3n) is 7.95. The molecule has 5 rings (SSSR count). The molecule has 1 saturated heterocycles. The van der Waals surface area contributed by atoms with Gasteiger partial charge in [0.1, 0.15) is 5.75 Å². The molecule has 0 bridgehead atoms. The second kappa shape index (κ2) is 9.34. The van der Waals surface area contributed by atoms with Crippen molar-refractivity contribution >= 4 is 28.3 Å². The Morgan fingerprint density at radius 2 is 1.82 bits per heavy atom. The van der Waals surface area contributed by atoms with Crippen molar-refractivity contribution in [3.8, 4) is 5.75 Å². The molecule has 6 nitrogen and oxygen atoms in total. The van der Waals surface area contributed by atoms with Crippen molar-refractivity contribution < 1.29 is 14.3 Å². The van der Waals surface area contributed by atoms with Crippen LogP contribution in [0.5, 0.6) is 5.75 Å². The van der Waals surface area contributed by atoms with Crippen LogP contribution in [-0.4, -0.2) is 59.9 Å². The van der Waals surface area contributed by atoms with E-state index in [1.165, 1.54) is 24.0 Å². The van der Waals surface area contributed by atoms with Crippen LogP contribution in [0.1, 0.15) is 63.4 Å². The third-order valence-corrected chi connectivity index (χ3v) is 7.95. The number of aromatic nitrogens is 1. The molecule has 6 heteroatoms. The van der Waals surface area contributed by atoms with Crippen molar-refractivity contribution in [2.75, 3.05) is 33.3 Å².